The first kappa shape index (κ1) is 25.5. The Morgan fingerprint density at radius 3 is 2.26 bits per heavy atom. The molecule has 34 heavy (non-hydrogen) atoms. The van der Waals surface area contributed by atoms with Crippen LogP contribution in [0, 0.1) is 0 Å². The summed E-state index contributed by atoms with van der Waals surface area (Å²) in [5.41, 5.74) is 3.37. The van der Waals surface area contributed by atoms with E-state index in [0.717, 1.165) is 29.8 Å². The minimum absolute atomic E-state index is 0.00374. The average molecular weight is 466 g/mol. The summed E-state index contributed by atoms with van der Waals surface area (Å²) in [7, 11) is 0. The van der Waals surface area contributed by atoms with Gasteiger partial charge in [0.1, 0.15) is 0 Å². The summed E-state index contributed by atoms with van der Waals surface area (Å²) in [4.78, 5) is 23.8. The first-order valence-electron chi connectivity index (χ1n) is 11.9. The van der Waals surface area contributed by atoms with Crippen LogP contribution in [0.3, 0.4) is 0 Å². The molecule has 0 saturated heterocycles. The second-order valence-electron chi connectivity index (χ2n) is 8.64. The Kier molecular flexibility index (Phi) is 9.24. The van der Waals surface area contributed by atoms with E-state index in [1.165, 1.54) is 6.92 Å². The SMILES string of the molecule is CCC(CC)O[C@@H]1C=C(C(=O)O)C[C@H](NCc2ccc(Nc3ccccc3)cc2)[C@H]1NC(C)=O. The topological polar surface area (TPSA) is 99.7 Å². The highest BCUT2D eigenvalue weighted by atomic mass is 16.5. The van der Waals surface area contributed by atoms with Gasteiger partial charge in [0.15, 0.2) is 0 Å². The van der Waals surface area contributed by atoms with Crippen molar-refractivity contribution in [3.63, 3.8) is 0 Å². The Balaban J connectivity index is 1.71. The quantitative estimate of drug-likeness (QED) is 0.393. The fraction of sp³-hybridized carbons (Fsp3) is 0.407. The highest BCUT2D eigenvalue weighted by molar-refractivity contribution is 5.87. The van der Waals surface area contributed by atoms with E-state index in [4.69, 9.17) is 4.74 Å². The third kappa shape index (κ3) is 7.17. The molecule has 0 heterocycles. The maximum absolute atomic E-state index is 12.0. The summed E-state index contributed by atoms with van der Waals surface area (Å²) < 4.78 is 6.24. The number of anilines is 2. The smallest absolute Gasteiger partial charge is 0.331 e. The predicted molar refractivity (Wildman–Crippen MR) is 134 cm³/mol. The summed E-state index contributed by atoms with van der Waals surface area (Å²) >= 11 is 0. The molecule has 7 nitrogen and oxygen atoms in total. The van der Waals surface area contributed by atoms with E-state index in [2.05, 4.69) is 16.0 Å². The van der Waals surface area contributed by atoms with Crippen LogP contribution >= 0.6 is 0 Å². The molecule has 0 radical (unpaired) electrons. The summed E-state index contributed by atoms with van der Waals surface area (Å²) in [5, 5.41) is 19.5. The highest BCUT2D eigenvalue weighted by Crippen LogP contribution is 2.25. The monoisotopic (exact) mass is 465 g/mol. The number of aliphatic carboxylic acids is 1. The maximum atomic E-state index is 12.0. The lowest BCUT2D eigenvalue weighted by Gasteiger charge is -2.38. The average Bonchev–Trinajstić information content (AvgIpc) is 2.83. The van der Waals surface area contributed by atoms with Gasteiger partial charge in [0.2, 0.25) is 5.91 Å². The molecule has 7 heteroatoms. The lowest BCUT2D eigenvalue weighted by Crippen LogP contribution is -2.58. The van der Waals surface area contributed by atoms with Gasteiger partial charge in [-0.3, -0.25) is 4.79 Å². The summed E-state index contributed by atoms with van der Waals surface area (Å²) in [6, 6.07) is 17.4. The van der Waals surface area contributed by atoms with Crippen molar-refractivity contribution < 1.29 is 19.4 Å². The first-order chi connectivity index (χ1) is 16.4. The molecule has 3 atom stereocenters. The van der Waals surface area contributed by atoms with Gasteiger partial charge in [-0.15, -0.1) is 0 Å². The molecule has 0 aliphatic heterocycles. The van der Waals surface area contributed by atoms with E-state index < -0.39 is 12.1 Å². The summed E-state index contributed by atoms with van der Waals surface area (Å²) in [5.74, 6) is -1.12. The number of benzene rings is 2. The van der Waals surface area contributed by atoms with Crippen LogP contribution in [-0.4, -0.2) is 41.3 Å². The molecule has 0 fully saturated rings. The van der Waals surface area contributed by atoms with Crippen LogP contribution in [0.4, 0.5) is 11.4 Å². The van der Waals surface area contributed by atoms with Gasteiger partial charge in [-0.25, -0.2) is 4.79 Å². The van der Waals surface area contributed by atoms with Gasteiger partial charge < -0.3 is 25.8 Å². The molecule has 2 aromatic rings. The number of nitrogens with one attached hydrogen (secondary N) is 3. The number of ether oxygens (including phenoxy) is 1. The van der Waals surface area contributed by atoms with E-state index in [9.17, 15) is 14.7 Å². The van der Waals surface area contributed by atoms with Crippen molar-refractivity contribution in [2.24, 2.45) is 0 Å². The van der Waals surface area contributed by atoms with Crippen molar-refractivity contribution in [2.45, 2.75) is 70.9 Å². The van der Waals surface area contributed by atoms with Crippen molar-refractivity contribution in [3.05, 3.63) is 71.8 Å². The number of carbonyl (C=O) groups is 2. The third-order valence-electron chi connectivity index (χ3n) is 6.08. The standard InChI is InChI=1S/C27H35N3O4/c1-4-23(5-2)34-25-16-20(27(32)33)15-24(26(25)29-18(3)31)28-17-19-11-13-22(14-12-19)30-21-9-7-6-8-10-21/h6-14,16,23-26,28,30H,4-5,15,17H2,1-3H3,(H,29,31)(H,32,33)/t24-,25+,26+/m0/s1. The molecule has 2 aromatic carbocycles. The number of para-hydroxylation sites is 1. The van der Waals surface area contributed by atoms with E-state index in [0.29, 0.717) is 18.5 Å². The van der Waals surface area contributed by atoms with E-state index in [1.54, 1.807) is 6.08 Å². The Labute approximate surface area is 201 Å². The zero-order valence-corrected chi connectivity index (χ0v) is 20.1. The Morgan fingerprint density at radius 2 is 1.68 bits per heavy atom. The highest BCUT2D eigenvalue weighted by Gasteiger charge is 2.37. The van der Waals surface area contributed by atoms with Crippen LogP contribution in [-0.2, 0) is 20.9 Å². The Bertz CT molecular complexity index is 971. The van der Waals surface area contributed by atoms with Crippen LogP contribution in [0.1, 0.15) is 45.6 Å². The van der Waals surface area contributed by atoms with Gasteiger partial charge in [-0.1, -0.05) is 44.2 Å². The number of amides is 1. The van der Waals surface area contributed by atoms with Gasteiger partial charge in [-0.2, -0.15) is 0 Å². The van der Waals surface area contributed by atoms with Crippen LogP contribution in [0.2, 0.25) is 0 Å². The fourth-order valence-corrected chi connectivity index (χ4v) is 4.21. The summed E-state index contributed by atoms with van der Waals surface area (Å²) in [6.07, 6.45) is 3.08. The lowest BCUT2D eigenvalue weighted by atomic mass is 9.87. The zero-order valence-electron chi connectivity index (χ0n) is 20.1. The second-order valence-corrected chi connectivity index (χ2v) is 8.64. The molecule has 1 aliphatic rings. The van der Waals surface area contributed by atoms with Crippen LogP contribution in [0.15, 0.2) is 66.2 Å². The second kappa shape index (κ2) is 12.3. The molecular formula is C27H35N3O4. The van der Waals surface area contributed by atoms with E-state index in [1.807, 2.05) is 68.4 Å². The van der Waals surface area contributed by atoms with E-state index >= 15 is 0 Å². The molecule has 0 spiro atoms. The Hall–Kier alpha value is -3.16. The van der Waals surface area contributed by atoms with Gasteiger partial charge >= 0.3 is 5.97 Å². The minimum Gasteiger partial charge on any atom is -0.478 e. The number of hydrogen-bond donors (Lipinski definition) is 4. The number of hydrogen-bond acceptors (Lipinski definition) is 5. The number of rotatable bonds is 11. The number of carboxylic acid groups (broad SMARTS) is 1. The number of carboxylic acids is 1. The van der Waals surface area contributed by atoms with Crippen LogP contribution in [0.5, 0.6) is 0 Å². The number of carbonyl (C=O) groups excluding carboxylic acids is 1. The Morgan fingerprint density at radius 1 is 1.03 bits per heavy atom. The van der Waals surface area contributed by atoms with Crippen molar-refractivity contribution in [1.29, 1.82) is 0 Å². The molecular weight excluding hydrogens is 430 g/mol. The van der Waals surface area contributed by atoms with Crippen molar-refractivity contribution in [3.8, 4) is 0 Å². The minimum atomic E-state index is -0.956. The van der Waals surface area contributed by atoms with Crippen molar-refractivity contribution in [1.82, 2.24) is 10.6 Å². The fourth-order valence-electron chi connectivity index (χ4n) is 4.21. The zero-order chi connectivity index (χ0) is 24.5. The molecule has 4 N–H and O–H groups in total. The van der Waals surface area contributed by atoms with E-state index in [-0.39, 0.29) is 24.1 Å². The normalized spacial score (nSPS) is 20.0. The van der Waals surface area contributed by atoms with Gasteiger partial charge in [0, 0.05) is 36.5 Å². The molecule has 0 aromatic heterocycles. The van der Waals surface area contributed by atoms with Crippen molar-refractivity contribution in [2.75, 3.05) is 5.32 Å². The molecule has 1 amide bonds. The van der Waals surface area contributed by atoms with Crippen LogP contribution < -0.4 is 16.0 Å². The van der Waals surface area contributed by atoms with Gasteiger partial charge in [0.05, 0.1) is 18.2 Å². The largest absolute Gasteiger partial charge is 0.478 e. The maximum Gasteiger partial charge on any atom is 0.331 e. The molecule has 182 valence electrons. The molecule has 0 unspecified atom stereocenters. The molecule has 1 aliphatic carbocycles. The van der Waals surface area contributed by atoms with Gasteiger partial charge in [0.25, 0.3) is 0 Å². The predicted octanol–water partition coefficient (Wildman–Crippen LogP) is 4.38. The molecule has 0 saturated carbocycles. The molecule has 3 rings (SSSR count). The lowest BCUT2D eigenvalue weighted by molar-refractivity contribution is -0.133. The molecule has 0 bridgehead atoms. The first-order valence-corrected chi connectivity index (χ1v) is 11.9. The third-order valence-corrected chi connectivity index (χ3v) is 6.08. The van der Waals surface area contributed by atoms with Crippen molar-refractivity contribution >= 4 is 23.3 Å². The van der Waals surface area contributed by atoms with Gasteiger partial charge in [-0.05, 0) is 55.2 Å². The van der Waals surface area contributed by atoms with Crippen LogP contribution in [0.25, 0.3) is 0 Å². The summed E-state index contributed by atoms with van der Waals surface area (Å²) in [6.45, 7) is 6.09.